The first-order valence-corrected chi connectivity index (χ1v) is 8.16. The number of benzene rings is 2. The Labute approximate surface area is 170 Å². The van der Waals surface area contributed by atoms with Gasteiger partial charge in [0.15, 0.2) is 0 Å². The van der Waals surface area contributed by atoms with Crippen molar-refractivity contribution in [3.63, 3.8) is 0 Å². The van der Waals surface area contributed by atoms with Crippen LogP contribution >= 0.6 is 11.8 Å². The number of oxime groups is 1. The van der Waals surface area contributed by atoms with Gasteiger partial charge >= 0.3 is 51.4 Å². The maximum absolute atomic E-state index is 10.5. The van der Waals surface area contributed by atoms with E-state index in [-0.39, 0.29) is 51.4 Å². The van der Waals surface area contributed by atoms with Crippen molar-refractivity contribution in [2.45, 2.75) is 6.92 Å². The molecule has 0 fully saturated rings. The van der Waals surface area contributed by atoms with Crippen molar-refractivity contribution in [3.8, 4) is 0 Å². The number of nitrogens with zero attached hydrogens (tertiary/aromatic N) is 1. The normalized spacial score (nSPS) is 12.0. The molecule has 0 bridgehead atoms. The number of fused-ring (bicyclic) bond motifs is 1. The molecule has 2 aromatic rings. The molecular weight excluding hydrogens is 337 g/mol. The molecule has 8 heteroatoms. The fraction of sp³-hybridized carbons (Fsp3) is 0.154. The number of thioether (sulfide) groups is 1. The molecule has 0 spiro atoms. The molecule has 2 aromatic carbocycles. The summed E-state index contributed by atoms with van der Waals surface area (Å²) in [6.45, 7) is 1.90. The van der Waals surface area contributed by atoms with Gasteiger partial charge in [-0.25, -0.2) is 0 Å². The maximum atomic E-state index is 10.5. The SMILES string of the molecule is CCS/C(=N\OS(=O)(=O)[O-])c1cccc2ccccc12.[K+]. The number of hydrogen-bond acceptors (Lipinski definition) is 6. The number of rotatable bonds is 4. The Morgan fingerprint density at radius 2 is 1.90 bits per heavy atom. The van der Waals surface area contributed by atoms with Gasteiger partial charge in [0.1, 0.15) is 5.04 Å². The largest absolute Gasteiger partial charge is 1.00 e. The van der Waals surface area contributed by atoms with Crippen LogP contribution in [0.25, 0.3) is 10.8 Å². The molecule has 0 aromatic heterocycles. The Balaban J connectivity index is 0.00000220. The molecule has 0 aliphatic rings. The first-order chi connectivity index (χ1) is 9.51. The second-order valence-electron chi connectivity index (χ2n) is 3.84. The zero-order chi connectivity index (χ0) is 14.6. The average Bonchev–Trinajstić information content (AvgIpc) is 2.42. The van der Waals surface area contributed by atoms with Crippen molar-refractivity contribution in [3.05, 3.63) is 48.0 Å². The van der Waals surface area contributed by atoms with E-state index in [1.165, 1.54) is 11.8 Å². The molecule has 0 atom stereocenters. The smallest absolute Gasteiger partial charge is 0.714 e. The second kappa shape index (κ2) is 8.63. The fourth-order valence-corrected chi connectivity index (χ4v) is 2.69. The molecule has 0 amide bonds. The Morgan fingerprint density at radius 1 is 1.24 bits per heavy atom. The van der Waals surface area contributed by atoms with Gasteiger partial charge < -0.3 is 4.55 Å². The van der Waals surface area contributed by atoms with E-state index in [2.05, 4.69) is 9.44 Å². The summed E-state index contributed by atoms with van der Waals surface area (Å²) in [6.07, 6.45) is 0. The van der Waals surface area contributed by atoms with Crippen molar-refractivity contribution in [2.75, 3.05) is 5.75 Å². The second-order valence-corrected chi connectivity index (χ2v) is 6.06. The zero-order valence-corrected chi connectivity index (χ0v) is 16.4. The Kier molecular flexibility index (Phi) is 7.86. The summed E-state index contributed by atoms with van der Waals surface area (Å²) >= 11 is 1.31. The molecule has 0 N–H and O–H groups in total. The monoisotopic (exact) mass is 349 g/mol. The van der Waals surface area contributed by atoms with Crippen LogP contribution in [0.3, 0.4) is 0 Å². The van der Waals surface area contributed by atoms with Crippen LogP contribution in [0.2, 0.25) is 0 Å². The van der Waals surface area contributed by atoms with Crippen molar-refractivity contribution in [2.24, 2.45) is 5.16 Å². The zero-order valence-electron chi connectivity index (χ0n) is 11.6. The third-order valence-electron chi connectivity index (χ3n) is 2.51. The third kappa shape index (κ3) is 5.64. The van der Waals surface area contributed by atoms with Gasteiger partial charge in [-0.05, 0) is 16.5 Å². The van der Waals surface area contributed by atoms with Gasteiger partial charge in [-0.3, -0.25) is 4.28 Å². The molecule has 0 radical (unpaired) electrons. The molecule has 0 aliphatic carbocycles. The van der Waals surface area contributed by atoms with Gasteiger partial charge in [0.25, 0.3) is 10.4 Å². The van der Waals surface area contributed by atoms with E-state index in [9.17, 15) is 13.0 Å². The van der Waals surface area contributed by atoms with E-state index in [0.717, 1.165) is 16.3 Å². The summed E-state index contributed by atoms with van der Waals surface area (Å²) in [5.41, 5.74) is 0.735. The minimum atomic E-state index is -4.85. The third-order valence-corrected chi connectivity index (χ3v) is 3.63. The van der Waals surface area contributed by atoms with Crippen LogP contribution in [0.4, 0.5) is 0 Å². The van der Waals surface area contributed by atoms with E-state index in [0.29, 0.717) is 10.8 Å². The van der Waals surface area contributed by atoms with E-state index in [1.807, 2.05) is 49.4 Å². The van der Waals surface area contributed by atoms with Crippen LogP contribution < -0.4 is 51.4 Å². The quantitative estimate of drug-likeness (QED) is 0.190. The Hall–Kier alpha value is 0.0664. The molecule has 21 heavy (non-hydrogen) atoms. The molecular formula is C13H12KNO4S2. The van der Waals surface area contributed by atoms with E-state index >= 15 is 0 Å². The van der Waals surface area contributed by atoms with Gasteiger partial charge in [-0.1, -0.05) is 54.5 Å². The fourth-order valence-electron chi connectivity index (χ4n) is 1.78. The molecule has 0 aliphatic heterocycles. The van der Waals surface area contributed by atoms with Gasteiger partial charge in [-0.15, -0.1) is 11.8 Å². The summed E-state index contributed by atoms with van der Waals surface area (Å²) < 4.78 is 35.7. The molecule has 0 saturated heterocycles. The van der Waals surface area contributed by atoms with E-state index < -0.39 is 10.4 Å². The maximum Gasteiger partial charge on any atom is 1.00 e. The topological polar surface area (TPSA) is 78.8 Å². The first-order valence-electron chi connectivity index (χ1n) is 5.84. The van der Waals surface area contributed by atoms with Gasteiger partial charge in [-0.2, -0.15) is 8.42 Å². The summed E-state index contributed by atoms with van der Waals surface area (Å²) in [5.74, 6) is 0.671. The molecule has 0 heterocycles. The molecule has 5 nitrogen and oxygen atoms in total. The van der Waals surface area contributed by atoms with Crippen LogP contribution in [-0.2, 0) is 14.7 Å². The van der Waals surface area contributed by atoms with Crippen LogP contribution in [0.5, 0.6) is 0 Å². The van der Waals surface area contributed by atoms with Crippen LogP contribution in [0.1, 0.15) is 12.5 Å². The summed E-state index contributed by atoms with van der Waals surface area (Å²) in [7, 11) is -4.85. The van der Waals surface area contributed by atoms with Crippen LogP contribution in [-0.4, -0.2) is 23.8 Å². The minimum Gasteiger partial charge on any atom is -0.714 e. The van der Waals surface area contributed by atoms with Crippen LogP contribution in [0.15, 0.2) is 47.6 Å². The standard InChI is InChI=1S/C13H13NO4S2.K/c1-2-19-13(14-18-20(15,16)17)12-9-5-7-10-6-3-4-8-11(10)12;/h3-9H,2H2,1H3,(H,15,16,17);/q;+1/p-1/b14-13-;. The van der Waals surface area contributed by atoms with Crippen molar-refractivity contribution in [1.82, 2.24) is 0 Å². The average molecular weight is 349 g/mol. The summed E-state index contributed by atoms with van der Waals surface area (Å²) in [5, 5.41) is 5.77. The van der Waals surface area contributed by atoms with Crippen molar-refractivity contribution in [1.29, 1.82) is 0 Å². The van der Waals surface area contributed by atoms with Crippen molar-refractivity contribution >= 4 is 38.0 Å². The summed E-state index contributed by atoms with van der Waals surface area (Å²) in [4.78, 5) is 0. The van der Waals surface area contributed by atoms with Crippen LogP contribution in [0, 0.1) is 0 Å². The molecule has 106 valence electrons. The molecule has 2 rings (SSSR count). The first kappa shape index (κ1) is 19.1. The minimum absolute atomic E-state index is 0. The van der Waals surface area contributed by atoms with Gasteiger partial charge in [0.05, 0.1) is 0 Å². The summed E-state index contributed by atoms with van der Waals surface area (Å²) in [6, 6.07) is 13.2. The molecule has 0 saturated carbocycles. The Morgan fingerprint density at radius 3 is 2.57 bits per heavy atom. The van der Waals surface area contributed by atoms with Crippen molar-refractivity contribution < 1.29 is 68.6 Å². The van der Waals surface area contributed by atoms with Gasteiger partial charge in [0.2, 0.25) is 0 Å². The van der Waals surface area contributed by atoms with E-state index in [1.54, 1.807) is 0 Å². The van der Waals surface area contributed by atoms with E-state index in [4.69, 9.17) is 0 Å². The predicted molar refractivity (Wildman–Crippen MR) is 79.4 cm³/mol. The molecule has 0 unspecified atom stereocenters. The Bertz CT molecular complexity index is 741. The number of hydrogen-bond donors (Lipinski definition) is 0. The van der Waals surface area contributed by atoms with Gasteiger partial charge in [0, 0.05) is 5.56 Å². The predicted octanol–water partition coefficient (Wildman–Crippen LogP) is -0.265.